The first-order valence-corrected chi connectivity index (χ1v) is 10.4. The van der Waals surface area contributed by atoms with Gasteiger partial charge in [-0.15, -0.1) is 0 Å². The fraction of sp³-hybridized carbons (Fsp3) is 0.130. The molecule has 0 atom stereocenters. The molecule has 158 valence electrons. The molecule has 0 radical (unpaired) electrons. The smallest absolute Gasteiger partial charge is 0.328 e. The minimum Gasteiger partial charge on any atom is -0.455 e. The summed E-state index contributed by atoms with van der Waals surface area (Å²) in [6.45, 7) is 1.95. The third-order valence-electron chi connectivity index (χ3n) is 5.01. The number of anilines is 2. The van der Waals surface area contributed by atoms with Crippen molar-refractivity contribution in [2.24, 2.45) is 14.1 Å². The Balaban J connectivity index is 1.70. The fourth-order valence-corrected chi connectivity index (χ4v) is 3.58. The van der Waals surface area contributed by atoms with Gasteiger partial charge in [0.05, 0.1) is 16.7 Å². The number of aromatic nitrogens is 2. The molecular weight excluding hydrogens is 460 g/mol. The molecule has 4 aromatic rings. The van der Waals surface area contributed by atoms with Crippen molar-refractivity contribution in [1.82, 2.24) is 9.13 Å². The molecule has 0 unspecified atom stereocenters. The quantitative estimate of drug-likeness (QED) is 0.411. The van der Waals surface area contributed by atoms with Gasteiger partial charge in [0, 0.05) is 30.3 Å². The molecule has 1 heterocycles. The maximum absolute atomic E-state index is 12.7. The second kappa shape index (κ2) is 8.31. The maximum atomic E-state index is 12.7. The van der Waals surface area contributed by atoms with Crippen LogP contribution in [0, 0.1) is 6.92 Å². The summed E-state index contributed by atoms with van der Waals surface area (Å²) >= 11 is 3.45. The molecule has 3 aromatic carbocycles. The van der Waals surface area contributed by atoms with Crippen molar-refractivity contribution in [3.8, 4) is 11.5 Å². The summed E-state index contributed by atoms with van der Waals surface area (Å²) < 4.78 is 10.1. The Bertz CT molecular complexity index is 1340. The predicted molar refractivity (Wildman–Crippen MR) is 126 cm³/mol. The van der Waals surface area contributed by atoms with E-state index < -0.39 is 6.03 Å². The lowest BCUT2D eigenvalue weighted by molar-refractivity contribution is 0.262. The largest absolute Gasteiger partial charge is 0.455 e. The number of amides is 2. The van der Waals surface area contributed by atoms with E-state index in [9.17, 15) is 9.59 Å². The molecule has 0 fully saturated rings. The average molecular weight is 481 g/mol. The number of ether oxygens (including phenoxy) is 1. The van der Waals surface area contributed by atoms with Crippen LogP contribution in [0.15, 0.2) is 69.9 Å². The second-order valence-electron chi connectivity index (χ2n) is 7.20. The highest BCUT2D eigenvalue weighted by Gasteiger charge is 2.16. The number of para-hydroxylation sites is 1. The lowest BCUT2D eigenvalue weighted by Gasteiger charge is -2.14. The summed E-state index contributed by atoms with van der Waals surface area (Å²) in [7, 11) is 3.39. The molecule has 0 saturated heterocycles. The van der Waals surface area contributed by atoms with Gasteiger partial charge in [0.25, 0.3) is 0 Å². The lowest BCUT2D eigenvalue weighted by Crippen LogP contribution is -2.20. The van der Waals surface area contributed by atoms with E-state index in [1.807, 2.05) is 55.5 Å². The Kier molecular flexibility index (Phi) is 5.56. The van der Waals surface area contributed by atoms with E-state index in [1.54, 1.807) is 30.8 Å². The Hall–Kier alpha value is -3.52. The maximum Gasteiger partial charge on any atom is 0.328 e. The zero-order chi connectivity index (χ0) is 22.1. The standard InChI is InChI=1S/C23H21BrN4O3/c1-14-11-15(9-10-17(14)24)25-22(29)26-18-12-19-20(28(3)23(30)27(19)2)13-21(18)31-16-7-5-4-6-8-16/h4-13H,1-3H3,(H2,25,26,29). The molecule has 4 rings (SSSR count). The first-order chi connectivity index (χ1) is 14.8. The van der Waals surface area contributed by atoms with Gasteiger partial charge >= 0.3 is 11.7 Å². The van der Waals surface area contributed by atoms with E-state index in [1.165, 1.54) is 4.57 Å². The highest BCUT2D eigenvalue weighted by atomic mass is 79.9. The molecule has 0 saturated carbocycles. The minimum atomic E-state index is -0.417. The summed E-state index contributed by atoms with van der Waals surface area (Å²) in [5.74, 6) is 1.05. The summed E-state index contributed by atoms with van der Waals surface area (Å²) in [5.41, 5.74) is 3.34. The third kappa shape index (κ3) is 4.20. The van der Waals surface area contributed by atoms with Gasteiger partial charge in [-0.1, -0.05) is 34.1 Å². The first kappa shape index (κ1) is 20.7. The number of imidazole rings is 1. The Morgan fingerprint density at radius 3 is 2.29 bits per heavy atom. The molecule has 8 heteroatoms. The van der Waals surface area contributed by atoms with Crippen LogP contribution in [0.2, 0.25) is 0 Å². The number of nitrogens with zero attached hydrogens (tertiary/aromatic N) is 2. The molecule has 2 amide bonds. The number of rotatable bonds is 4. The van der Waals surface area contributed by atoms with E-state index >= 15 is 0 Å². The molecule has 7 nitrogen and oxygen atoms in total. The number of benzene rings is 3. The topological polar surface area (TPSA) is 77.3 Å². The van der Waals surface area contributed by atoms with Crippen molar-refractivity contribution in [1.29, 1.82) is 0 Å². The number of hydrogen-bond acceptors (Lipinski definition) is 3. The summed E-state index contributed by atoms with van der Waals surface area (Å²) in [6.07, 6.45) is 0. The summed E-state index contributed by atoms with van der Waals surface area (Å²) in [4.78, 5) is 25.1. The van der Waals surface area contributed by atoms with Gasteiger partial charge < -0.3 is 15.4 Å². The highest BCUT2D eigenvalue weighted by molar-refractivity contribution is 9.10. The molecule has 1 aromatic heterocycles. The molecule has 2 N–H and O–H groups in total. The van der Waals surface area contributed by atoms with E-state index in [0.717, 1.165) is 10.0 Å². The van der Waals surface area contributed by atoms with Crippen molar-refractivity contribution in [3.05, 3.63) is 81.2 Å². The van der Waals surface area contributed by atoms with E-state index in [2.05, 4.69) is 26.6 Å². The van der Waals surface area contributed by atoms with Crippen LogP contribution in [0.5, 0.6) is 11.5 Å². The second-order valence-corrected chi connectivity index (χ2v) is 8.05. The van der Waals surface area contributed by atoms with Gasteiger partial charge in [-0.05, 0) is 48.9 Å². The van der Waals surface area contributed by atoms with Gasteiger partial charge in [0.15, 0.2) is 5.75 Å². The normalized spacial score (nSPS) is 10.8. The average Bonchev–Trinajstić information content (AvgIpc) is 2.95. The summed E-state index contributed by atoms with van der Waals surface area (Å²) in [5, 5.41) is 5.68. The molecule has 0 spiro atoms. The number of carbonyl (C=O) groups excluding carboxylic acids is 1. The van der Waals surface area contributed by atoms with Crippen molar-refractivity contribution in [3.63, 3.8) is 0 Å². The Morgan fingerprint density at radius 1 is 0.935 bits per heavy atom. The molecule has 0 aliphatic heterocycles. The molecule has 0 aliphatic rings. The zero-order valence-corrected chi connectivity index (χ0v) is 18.9. The number of urea groups is 1. The molecule has 31 heavy (non-hydrogen) atoms. The van der Waals surface area contributed by atoms with Crippen molar-refractivity contribution in [2.45, 2.75) is 6.92 Å². The number of carbonyl (C=O) groups is 1. The van der Waals surface area contributed by atoms with Gasteiger partial charge in [-0.3, -0.25) is 9.13 Å². The number of nitrogens with one attached hydrogen (secondary N) is 2. The van der Waals surface area contributed by atoms with Crippen LogP contribution in [0.25, 0.3) is 11.0 Å². The number of halogens is 1. The predicted octanol–water partition coefficient (Wildman–Crippen LogP) is 5.38. The first-order valence-electron chi connectivity index (χ1n) is 9.60. The molecular formula is C23H21BrN4O3. The highest BCUT2D eigenvalue weighted by Crippen LogP contribution is 2.33. The van der Waals surface area contributed by atoms with Crippen molar-refractivity contribution < 1.29 is 9.53 Å². The SMILES string of the molecule is Cc1cc(NC(=O)Nc2cc3c(cc2Oc2ccccc2)n(C)c(=O)n3C)ccc1Br. The van der Waals surface area contributed by atoms with Crippen LogP contribution in [-0.2, 0) is 14.1 Å². The minimum absolute atomic E-state index is 0.160. The van der Waals surface area contributed by atoms with E-state index in [-0.39, 0.29) is 5.69 Å². The van der Waals surface area contributed by atoms with Gasteiger partial charge in [-0.2, -0.15) is 0 Å². The molecule has 0 bridgehead atoms. The van der Waals surface area contributed by atoms with Gasteiger partial charge in [-0.25, -0.2) is 9.59 Å². The van der Waals surface area contributed by atoms with Crippen LogP contribution < -0.4 is 21.1 Å². The fourth-order valence-electron chi connectivity index (χ4n) is 3.33. The lowest BCUT2D eigenvalue weighted by atomic mass is 10.2. The van der Waals surface area contributed by atoms with Crippen molar-refractivity contribution in [2.75, 3.05) is 10.6 Å². The van der Waals surface area contributed by atoms with Gasteiger partial charge in [0.1, 0.15) is 5.75 Å². The van der Waals surface area contributed by atoms with Crippen LogP contribution in [-0.4, -0.2) is 15.2 Å². The summed E-state index contributed by atoms with van der Waals surface area (Å²) in [6, 6.07) is 17.9. The van der Waals surface area contributed by atoms with E-state index in [0.29, 0.717) is 33.9 Å². The third-order valence-corrected chi connectivity index (χ3v) is 5.90. The number of fused-ring (bicyclic) bond motifs is 1. The van der Waals surface area contributed by atoms with Crippen LogP contribution in [0.4, 0.5) is 16.2 Å². The number of hydrogen-bond donors (Lipinski definition) is 2. The Labute approximate surface area is 187 Å². The van der Waals surface area contributed by atoms with Crippen LogP contribution in [0.1, 0.15) is 5.56 Å². The van der Waals surface area contributed by atoms with E-state index in [4.69, 9.17) is 4.74 Å². The zero-order valence-electron chi connectivity index (χ0n) is 17.3. The number of aryl methyl sites for hydroxylation is 3. The van der Waals surface area contributed by atoms with Gasteiger partial charge in [0.2, 0.25) is 0 Å². The monoisotopic (exact) mass is 480 g/mol. The van der Waals surface area contributed by atoms with Crippen LogP contribution >= 0.6 is 15.9 Å². The Morgan fingerprint density at radius 2 is 1.61 bits per heavy atom. The molecule has 0 aliphatic carbocycles. The van der Waals surface area contributed by atoms with Crippen LogP contribution in [0.3, 0.4) is 0 Å². The van der Waals surface area contributed by atoms with Crippen molar-refractivity contribution >= 4 is 44.4 Å².